The number of anilines is 1. The summed E-state index contributed by atoms with van der Waals surface area (Å²) in [6, 6.07) is 2.87. The van der Waals surface area contributed by atoms with E-state index in [0.717, 1.165) is 5.01 Å². The van der Waals surface area contributed by atoms with Crippen LogP contribution in [0.1, 0.15) is 31.5 Å². The van der Waals surface area contributed by atoms with Gasteiger partial charge in [0.05, 0.1) is 12.3 Å². The summed E-state index contributed by atoms with van der Waals surface area (Å²) in [5.74, 6) is 0.387. The highest BCUT2D eigenvalue weighted by Gasteiger charge is 2.21. The molecule has 0 bridgehead atoms. The summed E-state index contributed by atoms with van der Waals surface area (Å²) in [7, 11) is 0. The van der Waals surface area contributed by atoms with E-state index in [0.29, 0.717) is 17.3 Å². The number of nitrogens with two attached hydrogens (primary N) is 1. The predicted octanol–water partition coefficient (Wildman–Crippen LogP) is 1.94. The zero-order valence-corrected chi connectivity index (χ0v) is 12.5. The minimum Gasteiger partial charge on any atom is -0.469 e. The normalized spacial score (nSPS) is 13.2. The summed E-state index contributed by atoms with van der Waals surface area (Å²) in [5, 5.41) is 12.1. The van der Waals surface area contributed by atoms with Crippen molar-refractivity contribution in [3.63, 3.8) is 0 Å². The number of nitrogens with zero attached hydrogens (tertiary/aromatic N) is 2. The quantitative estimate of drug-likeness (QED) is 0.898. The fourth-order valence-corrected chi connectivity index (χ4v) is 2.32. The number of hydrogen-bond donors (Lipinski definition) is 2. The summed E-state index contributed by atoms with van der Waals surface area (Å²) < 4.78 is 5.17. The Bertz CT molecular complexity index is 571. The van der Waals surface area contributed by atoms with Crippen molar-refractivity contribution in [1.82, 2.24) is 10.2 Å². The van der Waals surface area contributed by atoms with E-state index in [1.165, 1.54) is 11.3 Å². The van der Waals surface area contributed by atoms with E-state index < -0.39 is 6.04 Å². The van der Waals surface area contributed by atoms with E-state index in [2.05, 4.69) is 15.5 Å². The van der Waals surface area contributed by atoms with Gasteiger partial charge in [-0.1, -0.05) is 32.1 Å². The molecule has 20 heavy (non-hydrogen) atoms. The van der Waals surface area contributed by atoms with Crippen LogP contribution in [0.25, 0.3) is 0 Å². The number of carbonyl (C=O) groups is 1. The third-order valence-electron chi connectivity index (χ3n) is 2.63. The lowest BCUT2D eigenvalue weighted by Gasteiger charge is -2.12. The van der Waals surface area contributed by atoms with Gasteiger partial charge in [0.1, 0.15) is 10.8 Å². The third-order valence-corrected chi connectivity index (χ3v) is 3.90. The first-order valence-corrected chi connectivity index (χ1v) is 7.11. The van der Waals surface area contributed by atoms with Crippen LogP contribution in [0, 0.1) is 0 Å². The second-order valence-corrected chi connectivity index (χ2v) is 6.52. The van der Waals surface area contributed by atoms with Crippen LogP contribution < -0.4 is 11.1 Å². The van der Waals surface area contributed by atoms with Gasteiger partial charge in [-0.3, -0.25) is 10.1 Å². The molecule has 3 N–H and O–H groups in total. The monoisotopic (exact) mass is 294 g/mol. The van der Waals surface area contributed by atoms with Crippen LogP contribution in [-0.2, 0) is 16.6 Å². The third kappa shape index (κ3) is 3.64. The smallest absolute Gasteiger partial charge is 0.243 e. The first kappa shape index (κ1) is 14.7. The fourth-order valence-electron chi connectivity index (χ4n) is 1.51. The Morgan fingerprint density at radius 2 is 2.25 bits per heavy atom. The van der Waals surface area contributed by atoms with Crippen LogP contribution in [0.5, 0.6) is 0 Å². The Balaban J connectivity index is 1.95. The van der Waals surface area contributed by atoms with Gasteiger partial charge in [-0.05, 0) is 12.1 Å². The lowest BCUT2D eigenvalue weighted by molar-refractivity contribution is -0.117. The van der Waals surface area contributed by atoms with Crippen molar-refractivity contribution in [2.24, 2.45) is 5.73 Å². The highest BCUT2D eigenvalue weighted by atomic mass is 32.1. The molecule has 0 aromatic carbocycles. The molecule has 0 aliphatic rings. The molecule has 0 aliphatic heterocycles. The molecule has 2 heterocycles. The number of furan rings is 1. The molecule has 108 valence electrons. The van der Waals surface area contributed by atoms with Crippen molar-refractivity contribution in [3.05, 3.63) is 29.2 Å². The van der Waals surface area contributed by atoms with Crippen molar-refractivity contribution in [2.75, 3.05) is 5.32 Å². The summed E-state index contributed by atoms with van der Waals surface area (Å²) in [4.78, 5) is 12.0. The standard InChI is InChI=1S/C13H18N4O2S/c1-13(2,3)11-16-17-12(20-11)15-10(18)9(14)7-8-5-4-6-19-8/h4-6,9H,7,14H2,1-3H3,(H,15,17,18). The van der Waals surface area contributed by atoms with E-state index >= 15 is 0 Å². The van der Waals surface area contributed by atoms with Crippen molar-refractivity contribution < 1.29 is 9.21 Å². The number of carbonyl (C=O) groups excluding carboxylic acids is 1. The second kappa shape index (κ2) is 5.72. The van der Waals surface area contributed by atoms with Crippen molar-refractivity contribution in [2.45, 2.75) is 38.6 Å². The first-order valence-electron chi connectivity index (χ1n) is 6.29. The van der Waals surface area contributed by atoms with Gasteiger partial charge < -0.3 is 10.2 Å². The molecule has 0 saturated carbocycles. The molecular weight excluding hydrogens is 276 g/mol. The van der Waals surface area contributed by atoms with Gasteiger partial charge >= 0.3 is 0 Å². The Kier molecular flexibility index (Phi) is 4.20. The van der Waals surface area contributed by atoms with Gasteiger partial charge in [0.25, 0.3) is 0 Å². The van der Waals surface area contributed by atoms with E-state index in [1.54, 1.807) is 18.4 Å². The largest absolute Gasteiger partial charge is 0.469 e. The molecule has 2 aromatic rings. The van der Waals surface area contributed by atoms with Crippen molar-refractivity contribution in [1.29, 1.82) is 0 Å². The Hall–Kier alpha value is -1.73. The van der Waals surface area contributed by atoms with Gasteiger partial charge in [0, 0.05) is 11.8 Å². The number of aromatic nitrogens is 2. The SMILES string of the molecule is CC(C)(C)c1nnc(NC(=O)C(N)Cc2ccco2)s1. The average molecular weight is 294 g/mol. The Morgan fingerprint density at radius 3 is 2.80 bits per heavy atom. The summed E-state index contributed by atoms with van der Waals surface area (Å²) in [6.07, 6.45) is 1.91. The molecule has 7 heteroatoms. The molecule has 0 spiro atoms. The Labute approximate surface area is 121 Å². The highest BCUT2D eigenvalue weighted by molar-refractivity contribution is 7.15. The molecule has 1 amide bonds. The van der Waals surface area contributed by atoms with Crippen LogP contribution in [0.4, 0.5) is 5.13 Å². The van der Waals surface area contributed by atoms with Gasteiger partial charge in [-0.15, -0.1) is 10.2 Å². The maximum Gasteiger partial charge on any atom is 0.243 e. The maximum atomic E-state index is 12.0. The summed E-state index contributed by atoms with van der Waals surface area (Å²) in [5.41, 5.74) is 5.75. The fraction of sp³-hybridized carbons (Fsp3) is 0.462. The molecule has 0 aliphatic carbocycles. The molecule has 2 rings (SSSR count). The van der Waals surface area contributed by atoms with E-state index in [1.807, 2.05) is 20.8 Å². The molecule has 1 unspecified atom stereocenters. The van der Waals surface area contributed by atoms with Crippen LogP contribution in [0.2, 0.25) is 0 Å². The van der Waals surface area contributed by atoms with Gasteiger partial charge in [-0.2, -0.15) is 0 Å². The molecule has 2 aromatic heterocycles. The molecule has 0 fully saturated rings. The van der Waals surface area contributed by atoms with E-state index in [4.69, 9.17) is 10.2 Å². The van der Waals surface area contributed by atoms with Crippen LogP contribution in [0.3, 0.4) is 0 Å². The van der Waals surface area contributed by atoms with E-state index in [9.17, 15) is 4.79 Å². The summed E-state index contributed by atoms with van der Waals surface area (Å²) in [6.45, 7) is 6.13. The molecule has 6 nitrogen and oxygen atoms in total. The van der Waals surface area contributed by atoms with Gasteiger partial charge in [0.15, 0.2) is 0 Å². The molecular formula is C13H18N4O2S. The molecule has 0 saturated heterocycles. The van der Waals surface area contributed by atoms with Gasteiger partial charge in [0.2, 0.25) is 11.0 Å². The zero-order chi connectivity index (χ0) is 14.8. The number of amides is 1. The second-order valence-electron chi connectivity index (χ2n) is 5.54. The van der Waals surface area contributed by atoms with Crippen LogP contribution >= 0.6 is 11.3 Å². The lowest BCUT2D eigenvalue weighted by Crippen LogP contribution is -2.37. The number of nitrogens with one attached hydrogen (secondary N) is 1. The first-order chi connectivity index (χ1) is 9.36. The van der Waals surface area contributed by atoms with Crippen LogP contribution in [-0.4, -0.2) is 22.1 Å². The van der Waals surface area contributed by atoms with Crippen LogP contribution in [0.15, 0.2) is 22.8 Å². The number of hydrogen-bond acceptors (Lipinski definition) is 6. The van der Waals surface area contributed by atoms with Crippen molar-refractivity contribution in [3.8, 4) is 0 Å². The Morgan fingerprint density at radius 1 is 1.50 bits per heavy atom. The predicted molar refractivity (Wildman–Crippen MR) is 77.6 cm³/mol. The minimum atomic E-state index is -0.678. The topological polar surface area (TPSA) is 94.0 Å². The minimum absolute atomic E-state index is 0.0864. The van der Waals surface area contributed by atoms with Crippen molar-refractivity contribution >= 4 is 22.4 Å². The lowest BCUT2D eigenvalue weighted by atomic mass is 9.98. The highest BCUT2D eigenvalue weighted by Crippen LogP contribution is 2.27. The summed E-state index contributed by atoms with van der Waals surface area (Å²) >= 11 is 1.36. The maximum absolute atomic E-state index is 12.0. The molecule has 0 radical (unpaired) electrons. The zero-order valence-electron chi connectivity index (χ0n) is 11.7. The average Bonchev–Trinajstić information content (AvgIpc) is 2.98. The number of rotatable bonds is 4. The van der Waals surface area contributed by atoms with E-state index in [-0.39, 0.29) is 11.3 Å². The molecule has 1 atom stereocenters. The van der Waals surface area contributed by atoms with Gasteiger partial charge in [-0.25, -0.2) is 0 Å².